The van der Waals surface area contributed by atoms with Crippen molar-refractivity contribution in [3.05, 3.63) is 51.8 Å². The molecule has 3 heterocycles. The topological polar surface area (TPSA) is 110 Å². The monoisotopic (exact) mass is 357 g/mol. The SMILES string of the molecule is COC(=O)c1cnc(NCc2ccc(N3CCCC3)nc2)c([N+](=O)[O-])c1. The Morgan fingerprint density at radius 3 is 2.69 bits per heavy atom. The Balaban J connectivity index is 1.70. The first-order valence-corrected chi connectivity index (χ1v) is 8.25. The molecular weight excluding hydrogens is 338 g/mol. The van der Waals surface area contributed by atoms with Gasteiger partial charge < -0.3 is 15.0 Å². The number of aromatic nitrogens is 2. The summed E-state index contributed by atoms with van der Waals surface area (Å²) in [5.41, 5.74) is 0.622. The van der Waals surface area contributed by atoms with Crippen LogP contribution in [0.15, 0.2) is 30.6 Å². The first-order valence-electron chi connectivity index (χ1n) is 8.25. The third-order valence-corrected chi connectivity index (χ3v) is 4.18. The molecule has 1 saturated heterocycles. The molecule has 0 spiro atoms. The van der Waals surface area contributed by atoms with Gasteiger partial charge in [0.05, 0.1) is 17.6 Å². The van der Waals surface area contributed by atoms with Crippen LogP contribution in [0.1, 0.15) is 28.8 Å². The van der Waals surface area contributed by atoms with Crippen LogP contribution >= 0.6 is 0 Å². The maximum absolute atomic E-state index is 11.5. The summed E-state index contributed by atoms with van der Waals surface area (Å²) >= 11 is 0. The number of ether oxygens (including phenoxy) is 1. The molecule has 0 aliphatic carbocycles. The fraction of sp³-hybridized carbons (Fsp3) is 0.353. The molecular formula is C17H19N5O4. The van der Waals surface area contributed by atoms with Gasteiger partial charge in [-0.2, -0.15) is 0 Å². The quantitative estimate of drug-likeness (QED) is 0.477. The van der Waals surface area contributed by atoms with Crippen molar-refractivity contribution in [3.8, 4) is 0 Å². The van der Waals surface area contributed by atoms with Gasteiger partial charge in [-0.15, -0.1) is 0 Å². The van der Waals surface area contributed by atoms with Crippen molar-refractivity contribution in [1.82, 2.24) is 9.97 Å². The number of hydrogen-bond acceptors (Lipinski definition) is 8. The Labute approximate surface area is 150 Å². The van der Waals surface area contributed by atoms with Crippen LogP contribution in [0.2, 0.25) is 0 Å². The maximum atomic E-state index is 11.5. The van der Waals surface area contributed by atoms with Crippen LogP contribution < -0.4 is 10.2 Å². The molecule has 9 heteroatoms. The molecule has 0 amide bonds. The predicted molar refractivity (Wildman–Crippen MR) is 95.2 cm³/mol. The summed E-state index contributed by atoms with van der Waals surface area (Å²) in [6.07, 6.45) is 5.36. The largest absolute Gasteiger partial charge is 0.465 e. The second-order valence-corrected chi connectivity index (χ2v) is 5.91. The van der Waals surface area contributed by atoms with Gasteiger partial charge in [0.25, 0.3) is 0 Å². The van der Waals surface area contributed by atoms with Gasteiger partial charge in [0.1, 0.15) is 5.82 Å². The third kappa shape index (κ3) is 3.88. The number of rotatable bonds is 6. The summed E-state index contributed by atoms with van der Waals surface area (Å²) in [7, 11) is 1.21. The van der Waals surface area contributed by atoms with Crippen molar-refractivity contribution >= 4 is 23.3 Å². The summed E-state index contributed by atoms with van der Waals surface area (Å²) in [4.78, 5) is 32.8. The van der Waals surface area contributed by atoms with Gasteiger partial charge in [0.15, 0.2) is 0 Å². The Hall–Kier alpha value is -3.23. The summed E-state index contributed by atoms with van der Waals surface area (Å²) in [5, 5.41) is 14.2. The lowest BCUT2D eigenvalue weighted by molar-refractivity contribution is -0.384. The number of methoxy groups -OCH3 is 1. The van der Waals surface area contributed by atoms with Gasteiger partial charge in [-0.3, -0.25) is 10.1 Å². The van der Waals surface area contributed by atoms with Crippen LogP contribution in [0.25, 0.3) is 0 Å². The van der Waals surface area contributed by atoms with Crippen molar-refractivity contribution in [2.45, 2.75) is 19.4 Å². The van der Waals surface area contributed by atoms with E-state index in [2.05, 4.69) is 24.9 Å². The van der Waals surface area contributed by atoms with E-state index in [0.29, 0.717) is 6.54 Å². The first-order chi connectivity index (χ1) is 12.6. The van der Waals surface area contributed by atoms with Crippen LogP contribution in [0.3, 0.4) is 0 Å². The Morgan fingerprint density at radius 1 is 1.31 bits per heavy atom. The summed E-state index contributed by atoms with van der Waals surface area (Å²) in [6, 6.07) is 5.03. The molecule has 9 nitrogen and oxygen atoms in total. The first kappa shape index (κ1) is 17.6. The molecule has 0 bridgehead atoms. The highest BCUT2D eigenvalue weighted by Gasteiger charge is 2.19. The highest BCUT2D eigenvalue weighted by molar-refractivity contribution is 5.90. The summed E-state index contributed by atoms with van der Waals surface area (Å²) in [5.74, 6) is 0.359. The van der Waals surface area contributed by atoms with E-state index < -0.39 is 10.9 Å². The van der Waals surface area contributed by atoms with Crippen molar-refractivity contribution in [3.63, 3.8) is 0 Å². The molecule has 136 valence electrons. The highest BCUT2D eigenvalue weighted by Crippen LogP contribution is 2.24. The molecule has 1 fully saturated rings. The molecule has 0 unspecified atom stereocenters. The number of hydrogen-bond donors (Lipinski definition) is 1. The van der Waals surface area contributed by atoms with E-state index in [0.717, 1.165) is 30.5 Å². The Bertz CT molecular complexity index is 803. The minimum absolute atomic E-state index is 0.0291. The van der Waals surface area contributed by atoms with Crippen LogP contribution in [-0.2, 0) is 11.3 Å². The average Bonchev–Trinajstić information content (AvgIpc) is 3.20. The molecule has 0 atom stereocenters. The van der Waals surface area contributed by atoms with Gasteiger partial charge >= 0.3 is 11.7 Å². The minimum atomic E-state index is -0.672. The number of pyridine rings is 2. The van der Waals surface area contributed by atoms with E-state index >= 15 is 0 Å². The number of esters is 1. The summed E-state index contributed by atoms with van der Waals surface area (Å²) in [6.45, 7) is 2.37. The Morgan fingerprint density at radius 2 is 2.08 bits per heavy atom. The normalized spacial score (nSPS) is 13.5. The molecule has 0 saturated carbocycles. The number of nitrogens with one attached hydrogen (secondary N) is 1. The van der Waals surface area contributed by atoms with E-state index in [1.54, 1.807) is 6.20 Å². The van der Waals surface area contributed by atoms with Crippen LogP contribution in [-0.4, -0.2) is 41.1 Å². The van der Waals surface area contributed by atoms with Gasteiger partial charge in [0, 0.05) is 38.1 Å². The average molecular weight is 357 g/mol. The molecule has 1 N–H and O–H groups in total. The second-order valence-electron chi connectivity index (χ2n) is 5.91. The lowest BCUT2D eigenvalue weighted by Gasteiger charge is -2.16. The standard InChI is InChI=1S/C17H19N5O4/c1-26-17(23)13-8-14(22(24)25)16(20-11-13)19-10-12-4-5-15(18-9-12)21-6-2-3-7-21/h4-5,8-9,11H,2-3,6-7,10H2,1H3,(H,19,20). The van der Waals surface area contributed by atoms with E-state index in [1.807, 2.05) is 12.1 Å². The fourth-order valence-electron chi connectivity index (χ4n) is 2.80. The van der Waals surface area contributed by atoms with Gasteiger partial charge in [-0.1, -0.05) is 6.07 Å². The van der Waals surface area contributed by atoms with Crippen molar-refractivity contribution in [1.29, 1.82) is 0 Å². The van der Waals surface area contributed by atoms with Crippen molar-refractivity contribution in [2.75, 3.05) is 30.4 Å². The fourth-order valence-corrected chi connectivity index (χ4v) is 2.80. The summed E-state index contributed by atoms with van der Waals surface area (Å²) < 4.78 is 4.56. The van der Waals surface area contributed by atoms with E-state index in [1.165, 1.54) is 26.1 Å². The molecule has 0 aromatic carbocycles. The third-order valence-electron chi connectivity index (χ3n) is 4.18. The smallest absolute Gasteiger partial charge is 0.339 e. The van der Waals surface area contributed by atoms with E-state index in [-0.39, 0.29) is 17.1 Å². The molecule has 0 radical (unpaired) electrons. The molecule has 1 aliphatic heterocycles. The van der Waals surface area contributed by atoms with E-state index in [4.69, 9.17) is 0 Å². The van der Waals surface area contributed by atoms with Gasteiger partial charge in [0.2, 0.25) is 5.82 Å². The lowest BCUT2D eigenvalue weighted by Crippen LogP contribution is -2.18. The zero-order valence-corrected chi connectivity index (χ0v) is 14.3. The van der Waals surface area contributed by atoms with Gasteiger partial charge in [-0.05, 0) is 24.5 Å². The van der Waals surface area contributed by atoms with Crippen LogP contribution in [0.5, 0.6) is 0 Å². The zero-order chi connectivity index (χ0) is 18.5. The van der Waals surface area contributed by atoms with Crippen molar-refractivity contribution in [2.24, 2.45) is 0 Å². The minimum Gasteiger partial charge on any atom is -0.465 e. The van der Waals surface area contributed by atoms with Crippen LogP contribution in [0, 0.1) is 10.1 Å². The number of nitro groups is 1. The number of carbonyl (C=O) groups excluding carboxylic acids is 1. The molecule has 2 aromatic rings. The lowest BCUT2D eigenvalue weighted by atomic mass is 10.2. The number of carbonyl (C=O) groups is 1. The van der Waals surface area contributed by atoms with Crippen molar-refractivity contribution < 1.29 is 14.5 Å². The zero-order valence-electron chi connectivity index (χ0n) is 14.3. The molecule has 2 aromatic heterocycles. The van der Waals surface area contributed by atoms with E-state index in [9.17, 15) is 14.9 Å². The Kier molecular flexibility index (Phi) is 5.26. The predicted octanol–water partition coefficient (Wildman–Crippen LogP) is 2.38. The number of anilines is 2. The van der Waals surface area contributed by atoms with Crippen LogP contribution in [0.4, 0.5) is 17.3 Å². The number of nitrogens with zero attached hydrogens (tertiary/aromatic N) is 4. The molecule has 3 rings (SSSR count). The maximum Gasteiger partial charge on any atom is 0.339 e. The molecule has 26 heavy (non-hydrogen) atoms. The highest BCUT2D eigenvalue weighted by atomic mass is 16.6. The van der Waals surface area contributed by atoms with Gasteiger partial charge in [-0.25, -0.2) is 14.8 Å². The second kappa shape index (κ2) is 7.77. The molecule has 1 aliphatic rings.